The average molecular weight is 178 g/mol. The minimum absolute atomic E-state index is 0.124. The van der Waals surface area contributed by atoms with Crippen molar-refractivity contribution in [3.63, 3.8) is 0 Å². The molecule has 1 saturated carbocycles. The van der Waals surface area contributed by atoms with Crippen molar-refractivity contribution in [2.75, 3.05) is 0 Å². The SMILES string of the molecule is CC(N=C(N)C1CC1)c1cn[nH]c1. The summed E-state index contributed by atoms with van der Waals surface area (Å²) in [4.78, 5) is 4.42. The number of nitrogens with zero attached hydrogens (tertiary/aromatic N) is 2. The molecule has 1 aromatic heterocycles. The van der Waals surface area contributed by atoms with E-state index in [1.165, 1.54) is 12.8 Å². The van der Waals surface area contributed by atoms with E-state index in [0.29, 0.717) is 5.92 Å². The first-order valence-electron chi connectivity index (χ1n) is 4.59. The van der Waals surface area contributed by atoms with Gasteiger partial charge in [-0.25, -0.2) is 0 Å². The van der Waals surface area contributed by atoms with Crippen LogP contribution in [0.2, 0.25) is 0 Å². The second-order valence-electron chi connectivity index (χ2n) is 3.54. The Labute approximate surface area is 77.2 Å². The van der Waals surface area contributed by atoms with E-state index in [9.17, 15) is 0 Å². The van der Waals surface area contributed by atoms with Crippen LogP contribution in [0.4, 0.5) is 0 Å². The first-order chi connectivity index (χ1) is 6.27. The van der Waals surface area contributed by atoms with Gasteiger partial charge in [-0.1, -0.05) is 0 Å². The van der Waals surface area contributed by atoms with Crippen LogP contribution in [0.1, 0.15) is 31.4 Å². The van der Waals surface area contributed by atoms with Gasteiger partial charge in [-0.15, -0.1) is 0 Å². The maximum Gasteiger partial charge on any atom is 0.0975 e. The zero-order chi connectivity index (χ0) is 9.26. The Morgan fingerprint density at radius 2 is 2.54 bits per heavy atom. The van der Waals surface area contributed by atoms with Crippen molar-refractivity contribution in [1.82, 2.24) is 10.2 Å². The highest BCUT2D eigenvalue weighted by molar-refractivity contribution is 5.85. The molecule has 70 valence electrons. The first kappa shape index (κ1) is 8.29. The van der Waals surface area contributed by atoms with Gasteiger partial charge in [0.05, 0.1) is 18.1 Å². The van der Waals surface area contributed by atoms with Crippen molar-refractivity contribution in [3.05, 3.63) is 18.0 Å². The van der Waals surface area contributed by atoms with Gasteiger partial charge >= 0.3 is 0 Å². The Bertz CT molecular complexity index is 297. The van der Waals surface area contributed by atoms with Crippen LogP contribution >= 0.6 is 0 Å². The summed E-state index contributed by atoms with van der Waals surface area (Å²) in [6, 6.07) is 0.124. The third-order valence-electron chi connectivity index (χ3n) is 2.34. The van der Waals surface area contributed by atoms with Gasteiger partial charge in [0.1, 0.15) is 0 Å². The molecule has 0 aliphatic heterocycles. The average Bonchev–Trinajstić information content (AvgIpc) is 2.81. The number of aromatic amines is 1. The van der Waals surface area contributed by atoms with Crippen LogP contribution in [0, 0.1) is 5.92 Å². The molecule has 0 bridgehead atoms. The molecule has 0 radical (unpaired) electrons. The lowest BCUT2D eigenvalue weighted by atomic mass is 10.2. The van der Waals surface area contributed by atoms with Crippen molar-refractivity contribution < 1.29 is 0 Å². The molecule has 1 aliphatic carbocycles. The van der Waals surface area contributed by atoms with E-state index in [1.807, 2.05) is 13.1 Å². The summed E-state index contributed by atoms with van der Waals surface area (Å²) in [7, 11) is 0. The third kappa shape index (κ3) is 1.88. The molecular formula is C9H14N4. The van der Waals surface area contributed by atoms with Gasteiger partial charge < -0.3 is 5.73 Å². The van der Waals surface area contributed by atoms with Crippen molar-refractivity contribution >= 4 is 5.84 Å². The second kappa shape index (κ2) is 3.20. The fourth-order valence-corrected chi connectivity index (χ4v) is 1.27. The quantitative estimate of drug-likeness (QED) is 0.540. The molecule has 13 heavy (non-hydrogen) atoms. The predicted molar refractivity (Wildman–Crippen MR) is 51.3 cm³/mol. The Morgan fingerprint density at radius 1 is 1.77 bits per heavy atom. The highest BCUT2D eigenvalue weighted by Crippen LogP contribution is 2.30. The van der Waals surface area contributed by atoms with Crippen molar-refractivity contribution in [1.29, 1.82) is 0 Å². The summed E-state index contributed by atoms with van der Waals surface area (Å²) in [5, 5.41) is 6.64. The van der Waals surface area contributed by atoms with E-state index in [4.69, 9.17) is 5.73 Å². The van der Waals surface area contributed by atoms with Crippen LogP contribution in [-0.4, -0.2) is 16.0 Å². The number of amidine groups is 1. The van der Waals surface area contributed by atoms with E-state index in [-0.39, 0.29) is 6.04 Å². The van der Waals surface area contributed by atoms with Gasteiger partial charge in [0.25, 0.3) is 0 Å². The first-order valence-corrected chi connectivity index (χ1v) is 4.59. The fraction of sp³-hybridized carbons (Fsp3) is 0.556. The van der Waals surface area contributed by atoms with E-state index in [0.717, 1.165) is 11.4 Å². The number of hydrogen-bond donors (Lipinski definition) is 2. The van der Waals surface area contributed by atoms with Crippen LogP contribution in [0.3, 0.4) is 0 Å². The summed E-state index contributed by atoms with van der Waals surface area (Å²) in [5.74, 6) is 1.35. The van der Waals surface area contributed by atoms with Crippen LogP contribution in [0.5, 0.6) is 0 Å². The Kier molecular flexibility index (Phi) is 2.04. The number of nitrogens with two attached hydrogens (primary N) is 1. The molecule has 0 saturated heterocycles. The van der Waals surface area contributed by atoms with Crippen LogP contribution in [-0.2, 0) is 0 Å². The van der Waals surface area contributed by atoms with E-state index in [1.54, 1.807) is 6.20 Å². The van der Waals surface area contributed by atoms with Crippen LogP contribution in [0.25, 0.3) is 0 Å². The van der Waals surface area contributed by atoms with Gasteiger partial charge in [0, 0.05) is 17.7 Å². The Hall–Kier alpha value is -1.32. The smallest absolute Gasteiger partial charge is 0.0975 e. The summed E-state index contributed by atoms with van der Waals surface area (Å²) in [5.41, 5.74) is 6.89. The van der Waals surface area contributed by atoms with Gasteiger partial charge in [-0.3, -0.25) is 10.1 Å². The van der Waals surface area contributed by atoms with Crippen molar-refractivity contribution in [2.24, 2.45) is 16.6 Å². The minimum Gasteiger partial charge on any atom is -0.387 e. The molecule has 0 amide bonds. The highest BCUT2D eigenvalue weighted by Gasteiger charge is 2.25. The lowest BCUT2D eigenvalue weighted by Crippen LogP contribution is -2.15. The molecule has 1 aliphatic rings. The number of hydrogen-bond acceptors (Lipinski definition) is 2. The molecule has 4 heteroatoms. The normalized spacial score (nSPS) is 20.2. The summed E-state index contributed by atoms with van der Waals surface area (Å²) >= 11 is 0. The molecule has 3 N–H and O–H groups in total. The fourth-order valence-electron chi connectivity index (χ4n) is 1.27. The molecule has 1 aromatic rings. The topological polar surface area (TPSA) is 67.1 Å². The zero-order valence-corrected chi connectivity index (χ0v) is 7.70. The molecule has 4 nitrogen and oxygen atoms in total. The molecular weight excluding hydrogens is 164 g/mol. The van der Waals surface area contributed by atoms with E-state index in [2.05, 4.69) is 15.2 Å². The molecule has 1 atom stereocenters. The summed E-state index contributed by atoms with van der Waals surface area (Å²) in [6.07, 6.45) is 6.05. The lowest BCUT2D eigenvalue weighted by Gasteiger charge is -2.04. The number of nitrogens with one attached hydrogen (secondary N) is 1. The van der Waals surface area contributed by atoms with Crippen LogP contribution < -0.4 is 5.73 Å². The third-order valence-corrected chi connectivity index (χ3v) is 2.34. The van der Waals surface area contributed by atoms with E-state index < -0.39 is 0 Å². The number of aromatic nitrogens is 2. The molecule has 1 unspecified atom stereocenters. The van der Waals surface area contributed by atoms with E-state index >= 15 is 0 Å². The number of aliphatic imine (C=N–C) groups is 1. The number of rotatable bonds is 3. The Balaban J connectivity index is 2.05. The second-order valence-corrected chi connectivity index (χ2v) is 3.54. The number of H-pyrrole nitrogens is 1. The van der Waals surface area contributed by atoms with Gasteiger partial charge in [0.2, 0.25) is 0 Å². The maximum absolute atomic E-state index is 5.81. The largest absolute Gasteiger partial charge is 0.387 e. The summed E-state index contributed by atoms with van der Waals surface area (Å²) in [6.45, 7) is 2.03. The van der Waals surface area contributed by atoms with Crippen molar-refractivity contribution in [3.8, 4) is 0 Å². The molecule has 0 aromatic carbocycles. The molecule has 0 spiro atoms. The minimum atomic E-state index is 0.124. The zero-order valence-electron chi connectivity index (χ0n) is 7.70. The van der Waals surface area contributed by atoms with Gasteiger partial charge in [0.15, 0.2) is 0 Å². The molecule has 1 fully saturated rings. The van der Waals surface area contributed by atoms with Crippen LogP contribution in [0.15, 0.2) is 17.4 Å². The lowest BCUT2D eigenvalue weighted by molar-refractivity contribution is 0.809. The van der Waals surface area contributed by atoms with Gasteiger partial charge in [-0.05, 0) is 19.8 Å². The standard InChI is InChI=1S/C9H14N4/c1-6(8-4-11-12-5-8)13-9(10)7-2-3-7/h4-7H,2-3H2,1H3,(H2,10,13)(H,11,12). The van der Waals surface area contributed by atoms with Crippen molar-refractivity contribution in [2.45, 2.75) is 25.8 Å². The maximum atomic E-state index is 5.81. The van der Waals surface area contributed by atoms with Gasteiger partial charge in [-0.2, -0.15) is 5.10 Å². The summed E-state index contributed by atoms with van der Waals surface area (Å²) < 4.78 is 0. The molecule has 2 rings (SSSR count). The predicted octanol–water partition coefficient (Wildman–Crippen LogP) is 1.24. The Morgan fingerprint density at radius 3 is 3.08 bits per heavy atom. The molecule has 1 heterocycles. The monoisotopic (exact) mass is 178 g/mol. The highest BCUT2D eigenvalue weighted by atomic mass is 15.1.